The molecular formula is C8H10ClN3. The molecule has 0 aromatic carbocycles. The fraction of sp³-hybridized carbons (Fsp3) is 0.500. The number of halogens is 1. The predicted molar refractivity (Wildman–Crippen MR) is 48.5 cm³/mol. The molecule has 0 radical (unpaired) electrons. The van der Waals surface area contributed by atoms with E-state index in [0.29, 0.717) is 11.2 Å². The molecule has 3 nitrogen and oxygen atoms in total. The fourth-order valence-electron chi connectivity index (χ4n) is 1.15. The van der Waals surface area contributed by atoms with Gasteiger partial charge in [0.25, 0.3) is 0 Å². The van der Waals surface area contributed by atoms with Crippen molar-refractivity contribution in [3.63, 3.8) is 0 Å². The van der Waals surface area contributed by atoms with Crippen molar-refractivity contribution in [1.82, 2.24) is 9.97 Å². The minimum atomic E-state index is 0.458. The summed E-state index contributed by atoms with van der Waals surface area (Å²) in [7, 11) is 2.03. The SMILES string of the molecule is CN(c1cncc(Cl)n1)C1CC1. The van der Waals surface area contributed by atoms with E-state index in [0.717, 1.165) is 5.82 Å². The summed E-state index contributed by atoms with van der Waals surface area (Å²) in [5.74, 6) is 0.866. The molecule has 0 saturated heterocycles. The Hall–Kier alpha value is -0.830. The summed E-state index contributed by atoms with van der Waals surface area (Å²) in [5.41, 5.74) is 0. The van der Waals surface area contributed by atoms with Crippen molar-refractivity contribution < 1.29 is 0 Å². The number of anilines is 1. The van der Waals surface area contributed by atoms with Crippen molar-refractivity contribution in [3.8, 4) is 0 Å². The van der Waals surface area contributed by atoms with Crippen molar-refractivity contribution >= 4 is 17.4 Å². The molecule has 4 heteroatoms. The normalized spacial score (nSPS) is 16.2. The fourth-order valence-corrected chi connectivity index (χ4v) is 1.29. The van der Waals surface area contributed by atoms with Crippen LogP contribution in [0.4, 0.5) is 5.82 Å². The molecule has 1 fully saturated rings. The molecule has 1 aliphatic carbocycles. The van der Waals surface area contributed by atoms with Gasteiger partial charge in [-0.2, -0.15) is 0 Å². The zero-order chi connectivity index (χ0) is 8.55. The van der Waals surface area contributed by atoms with E-state index >= 15 is 0 Å². The largest absolute Gasteiger partial charge is 0.355 e. The first kappa shape index (κ1) is 7.80. The van der Waals surface area contributed by atoms with Gasteiger partial charge in [0, 0.05) is 13.1 Å². The second-order valence-electron chi connectivity index (χ2n) is 3.04. The Morgan fingerprint density at radius 1 is 1.50 bits per heavy atom. The van der Waals surface area contributed by atoms with Crippen LogP contribution in [0, 0.1) is 0 Å². The van der Waals surface area contributed by atoms with Crippen LogP contribution >= 0.6 is 11.6 Å². The maximum Gasteiger partial charge on any atom is 0.149 e. The smallest absolute Gasteiger partial charge is 0.149 e. The number of rotatable bonds is 2. The zero-order valence-corrected chi connectivity index (χ0v) is 7.62. The first-order valence-electron chi connectivity index (χ1n) is 3.98. The van der Waals surface area contributed by atoms with Crippen LogP contribution in [0.25, 0.3) is 0 Å². The summed E-state index contributed by atoms with van der Waals surface area (Å²) in [6.45, 7) is 0. The van der Waals surface area contributed by atoms with Gasteiger partial charge in [-0.3, -0.25) is 4.98 Å². The molecule has 0 bridgehead atoms. The summed E-state index contributed by atoms with van der Waals surface area (Å²) in [4.78, 5) is 10.3. The van der Waals surface area contributed by atoms with E-state index in [2.05, 4.69) is 14.9 Å². The molecule has 0 amide bonds. The van der Waals surface area contributed by atoms with Gasteiger partial charge in [-0.05, 0) is 12.8 Å². The Morgan fingerprint density at radius 3 is 2.83 bits per heavy atom. The van der Waals surface area contributed by atoms with Gasteiger partial charge < -0.3 is 4.90 Å². The Labute approximate surface area is 76.4 Å². The minimum absolute atomic E-state index is 0.458. The van der Waals surface area contributed by atoms with Crippen molar-refractivity contribution in [3.05, 3.63) is 17.5 Å². The number of aromatic nitrogens is 2. The Kier molecular flexibility index (Phi) is 1.89. The first-order valence-corrected chi connectivity index (χ1v) is 4.35. The highest BCUT2D eigenvalue weighted by atomic mass is 35.5. The molecule has 0 atom stereocenters. The van der Waals surface area contributed by atoms with Crippen LogP contribution in [0.1, 0.15) is 12.8 Å². The second kappa shape index (κ2) is 2.90. The average Bonchev–Trinajstić information content (AvgIpc) is 2.85. The lowest BCUT2D eigenvalue weighted by Gasteiger charge is -2.16. The molecule has 1 aromatic heterocycles. The molecule has 12 heavy (non-hydrogen) atoms. The van der Waals surface area contributed by atoms with Gasteiger partial charge >= 0.3 is 0 Å². The highest BCUT2D eigenvalue weighted by Crippen LogP contribution is 2.28. The summed E-state index contributed by atoms with van der Waals surface area (Å²) < 4.78 is 0. The third kappa shape index (κ3) is 1.50. The highest BCUT2D eigenvalue weighted by molar-refractivity contribution is 6.29. The van der Waals surface area contributed by atoms with Crippen LogP contribution in [0.2, 0.25) is 5.15 Å². The zero-order valence-electron chi connectivity index (χ0n) is 6.87. The molecule has 64 valence electrons. The number of hydrogen-bond acceptors (Lipinski definition) is 3. The lowest BCUT2D eigenvalue weighted by Crippen LogP contribution is -2.20. The number of nitrogens with zero attached hydrogens (tertiary/aromatic N) is 3. The minimum Gasteiger partial charge on any atom is -0.355 e. The van der Waals surface area contributed by atoms with Gasteiger partial charge in [0.1, 0.15) is 11.0 Å². The summed E-state index contributed by atoms with van der Waals surface area (Å²) in [6.07, 6.45) is 5.80. The lowest BCUT2D eigenvalue weighted by atomic mass is 10.5. The third-order valence-corrected chi connectivity index (χ3v) is 2.23. The van der Waals surface area contributed by atoms with Gasteiger partial charge in [0.15, 0.2) is 0 Å². The molecular weight excluding hydrogens is 174 g/mol. The van der Waals surface area contributed by atoms with E-state index in [9.17, 15) is 0 Å². The van der Waals surface area contributed by atoms with Crippen LogP contribution < -0.4 is 4.90 Å². The monoisotopic (exact) mass is 183 g/mol. The average molecular weight is 184 g/mol. The van der Waals surface area contributed by atoms with Crippen LogP contribution in [0.3, 0.4) is 0 Å². The van der Waals surface area contributed by atoms with E-state index in [-0.39, 0.29) is 0 Å². The van der Waals surface area contributed by atoms with Crippen molar-refractivity contribution in [2.75, 3.05) is 11.9 Å². The molecule has 1 aliphatic rings. The second-order valence-corrected chi connectivity index (χ2v) is 3.43. The van der Waals surface area contributed by atoms with E-state index in [4.69, 9.17) is 11.6 Å². The van der Waals surface area contributed by atoms with Crippen molar-refractivity contribution in [1.29, 1.82) is 0 Å². The Bertz CT molecular complexity index is 285. The van der Waals surface area contributed by atoms with E-state index < -0.39 is 0 Å². The molecule has 0 aliphatic heterocycles. The molecule has 0 N–H and O–H groups in total. The van der Waals surface area contributed by atoms with E-state index in [1.807, 2.05) is 7.05 Å². The molecule has 0 spiro atoms. The van der Waals surface area contributed by atoms with Crippen molar-refractivity contribution in [2.45, 2.75) is 18.9 Å². The number of hydrogen-bond donors (Lipinski definition) is 0. The standard InChI is InChI=1S/C8H10ClN3/c1-12(6-2-3-6)8-5-10-4-7(9)11-8/h4-6H,2-3H2,1H3. The van der Waals surface area contributed by atoms with Gasteiger partial charge in [-0.1, -0.05) is 11.6 Å². The molecule has 2 rings (SSSR count). The summed E-state index contributed by atoms with van der Waals surface area (Å²) >= 11 is 5.71. The lowest BCUT2D eigenvalue weighted by molar-refractivity contribution is 0.884. The molecule has 1 saturated carbocycles. The van der Waals surface area contributed by atoms with Gasteiger partial charge in [-0.25, -0.2) is 4.98 Å². The van der Waals surface area contributed by atoms with Gasteiger partial charge in [0.2, 0.25) is 0 Å². The van der Waals surface area contributed by atoms with Crippen LogP contribution in [0.5, 0.6) is 0 Å². The highest BCUT2D eigenvalue weighted by Gasteiger charge is 2.27. The first-order chi connectivity index (χ1) is 5.77. The van der Waals surface area contributed by atoms with Crippen molar-refractivity contribution in [2.24, 2.45) is 0 Å². The molecule has 1 heterocycles. The summed E-state index contributed by atoms with van der Waals surface area (Å²) in [5, 5.41) is 0.458. The maximum atomic E-state index is 5.71. The Balaban J connectivity index is 2.20. The van der Waals surface area contributed by atoms with E-state index in [1.165, 1.54) is 12.8 Å². The van der Waals surface area contributed by atoms with Gasteiger partial charge in [-0.15, -0.1) is 0 Å². The quantitative estimate of drug-likeness (QED) is 0.700. The Morgan fingerprint density at radius 2 is 2.25 bits per heavy atom. The predicted octanol–water partition coefficient (Wildman–Crippen LogP) is 1.73. The van der Waals surface area contributed by atoms with E-state index in [1.54, 1.807) is 12.4 Å². The van der Waals surface area contributed by atoms with Gasteiger partial charge in [0.05, 0.1) is 12.4 Å². The molecule has 0 unspecified atom stereocenters. The maximum absolute atomic E-state index is 5.71. The molecule has 1 aromatic rings. The van der Waals surface area contributed by atoms with Crippen LogP contribution in [-0.4, -0.2) is 23.1 Å². The third-order valence-electron chi connectivity index (χ3n) is 2.05. The summed E-state index contributed by atoms with van der Waals surface area (Å²) in [6, 6.07) is 0.651. The van der Waals surface area contributed by atoms with Crippen LogP contribution in [-0.2, 0) is 0 Å². The topological polar surface area (TPSA) is 29.0 Å². The van der Waals surface area contributed by atoms with Crippen LogP contribution in [0.15, 0.2) is 12.4 Å².